The van der Waals surface area contributed by atoms with Crippen molar-refractivity contribution in [3.8, 4) is 11.1 Å². The molecule has 1 aromatic heterocycles. The van der Waals surface area contributed by atoms with Crippen molar-refractivity contribution in [1.82, 2.24) is 10.3 Å². The molecule has 4 rings (SSSR count). The van der Waals surface area contributed by atoms with E-state index < -0.39 is 6.17 Å². The van der Waals surface area contributed by atoms with Gasteiger partial charge in [-0.15, -0.1) is 0 Å². The second-order valence-corrected chi connectivity index (χ2v) is 6.23. The highest BCUT2D eigenvalue weighted by Gasteiger charge is 2.32. The largest absolute Gasteiger partial charge is 0.352 e. The molecule has 2 fully saturated rings. The number of pyridine rings is 1. The van der Waals surface area contributed by atoms with Gasteiger partial charge in [0, 0.05) is 37.0 Å². The third-order valence-electron chi connectivity index (χ3n) is 4.63. The molecule has 25 heavy (non-hydrogen) atoms. The number of anilines is 2. The summed E-state index contributed by atoms with van der Waals surface area (Å²) < 4.78 is 28.1. The Morgan fingerprint density at radius 1 is 1.16 bits per heavy atom. The van der Waals surface area contributed by atoms with Gasteiger partial charge in [0.05, 0.1) is 12.2 Å². The van der Waals surface area contributed by atoms with Gasteiger partial charge in [-0.05, 0) is 18.6 Å². The number of hydrogen-bond donors (Lipinski definition) is 1. The predicted molar refractivity (Wildman–Crippen MR) is 92.1 cm³/mol. The quantitative estimate of drug-likeness (QED) is 0.931. The molecular formula is C18H18F2N4O. The minimum Gasteiger partial charge on any atom is -0.352 e. The lowest BCUT2D eigenvalue weighted by atomic mass is 10.0. The van der Waals surface area contributed by atoms with E-state index in [0.29, 0.717) is 48.7 Å². The maximum Gasteiger partial charge on any atom is 0.322 e. The molecule has 0 saturated carbocycles. The molecule has 2 aliphatic heterocycles. The molecule has 2 amide bonds. The van der Waals surface area contributed by atoms with E-state index >= 15 is 0 Å². The fourth-order valence-electron chi connectivity index (χ4n) is 3.43. The van der Waals surface area contributed by atoms with E-state index in [4.69, 9.17) is 0 Å². The second-order valence-electron chi connectivity index (χ2n) is 6.23. The molecule has 3 heterocycles. The average molecular weight is 344 g/mol. The third-order valence-corrected chi connectivity index (χ3v) is 4.63. The third kappa shape index (κ3) is 2.79. The van der Waals surface area contributed by atoms with Gasteiger partial charge in [0.25, 0.3) is 0 Å². The van der Waals surface area contributed by atoms with Crippen molar-refractivity contribution in [3.63, 3.8) is 0 Å². The summed E-state index contributed by atoms with van der Waals surface area (Å²) in [6, 6.07) is 7.89. The lowest BCUT2D eigenvalue weighted by molar-refractivity contribution is 0.252. The van der Waals surface area contributed by atoms with Gasteiger partial charge in [-0.3, -0.25) is 4.90 Å². The number of urea groups is 1. The molecule has 130 valence electrons. The number of halogens is 2. The van der Waals surface area contributed by atoms with Gasteiger partial charge < -0.3 is 10.2 Å². The molecular weight excluding hydrogens is 326 g/mol. The number of carbonyl (C=O) groups excluding carboxylic acids is 1. The van der Waals surface area contributed by atoms with Crippen LogP contribution in [0, 0.1) is 5.82 Å². The first-order chi connectivity index (χ1) is 12.1. The summed E-state index contributed by atoms with van der Waals surface area (Å²) >= 11 is 0. The van der Waals surface area contributed by atoms with Gasteiger partial charge in [0.15, 0.2) is 5.82 Å². The fraction of sp³-hybridized carbons (Fsp3) is 0.333. The van der Waals surface area contributed by atoms with Crippen LogP contribution in [0.15, 0.2) is 36.5 Å². The number of nitrogens with zero attached hydrogens (tertiary/aromatic N) is 3. The Labute approximate surface area is 144 Å². The lowest BCUT2D eigenvalue weighted by Gasteiger charge is -2.26. The molecule has 1 N–H and O–H groups in total. The van der Waals surface area contributed by atoms with Crippen LogP contribution in [0.2, 0.25) is 0 Å². The molecule has 0 radical (unpaired) electrons. The van der Waals surface area contributed by atoms with E-state index in [1.54, 1.807) is 35.4 Å². The summed E-state index contributed by atoms with van der Waals surface area (Å²) in [5.74, 6) is 0.156. The number of hydrogen-bond acceptors (Lipinski definition) is 3. The van der Waals surface area contributed by atoms with Gasteiger partial charge in [-0.2, -0.15) is 0 Å². The molecule has 5 nitrogen and oxygen atoms in total. The van der Waals surface area contributed by atoms with Gasteiger partial charge in [0.2, 0.25) is 0 Å². The van der Waals surface area contributed by atoms with Crippen molar-refractivity contribution >= 4 is 17.5 Å². The Kier molecular flexibility index (Phi) is 3.99. The van der Waals surface area contributed by atoms with Crippen LogP contribution in [0.5, 0.6) is 0 Å². The Balaban J connectivity index is 1.89. The molecule has 1 unspecified atom stereocenters. The van der Waals surface area contributed by atoms with Crippen molar-refractivity contribution in [2.75, 3.05) is 36.0 Å². The molecule has 1 atom stereocenters. The first-order valence-electron chi connectivity index (χ1n) is 8.33. The second kappa shape index (κ2) is 6.31. The highest BCUT2D eigenvalue weighted by atomic mass is 19.1. The first kappa shape index (κ1) is 15.8. The molecule has 2 aliphatic rings. The maximum atomic E-state index is 14.4. The van der Waals surface area contributed by atoms with Gasteiger partial charge >= 0.3 is 6.03 Å². The first-order valence-corrected chi connectivity index (χ1v) is 8.33. The van der Waals surface area contributed by atoms with E-state index in [1.807, 2.05) is 4.90 Å². The zero-order chi connectivity index (χ0) is 17.4. The number of aromatic nitrogens is 1. The van der Waals surface area contributed by atoms with Crippen LogP contribution < -0.4 is 15.1 Å². The van der Waals surface area contributed by atoms with Crippen LogP contribution in [0.3, 0.4) is 0 Å². The number of alkyl halides is 1. The van der Waals surface area contributed by atoms with Crippen molar-refractivity contribution in [1.29, 1.82) is 0 Å². The SMILES string of the molecule is O=C1NCCN1c1c(-c2ccccc2F)ccnc1N1CCC(F)C1. The number of carbonyl (C=O) groups is 1. The van der Waals surface area contributed by atoms with E-state index in [9.17, 15) is 13.6 Å². The number of amides is 2. The molecule has 2 aromatic rings. The van der Waals surface area contributed by atoms with E-state index in [-0.39, 0.29) is 18.4 Å². The Morgan fingerprint density at radius 3 is 2.68 bits per heavy atom. The maximum absolute atomic E-state index is 14.4. The standard InChI is InChI=1S/C18H18F2N4O/c19-12-6-9-23(11-12)17-16(24-10-8-22-18(24)25)14(5-7-21-17)13-3-1-2-4-15(13)20/h1-5,7,12H,6,8-11H2,(H,22,25). The van der Waals surface area contributed by atoms with Gasteiger partial charge in [0.1, 0.15) is 12.0 Å². The van der Waals surface area contributed by atoms with E-state index in [2.05, 4.69) is 10.3 Å². The van der Waals surface area contributed by atoms with Crippen molar-refractivity contribution in [2.45, 2.75) is 12.6 Å². The van der Waals surface area contributed by atoms with Crippen molar-refractivity contribution < 1.29 is 13.6 Å². The van der Waals surface area contributed by atoms with E-state index in [0.717, 1.165) is 0 Å². The average Bonchev–Trinajstić information content (AvgIpc) is 3.23. The van der Waals surface area contributed by atoms with Crippen LogP contribution in [0.25, 0.3) is 11.1 Å². The van der Waals surface area contributed by atoms with Crippen LogP contribution >= 0.6 is 0 Å². The van der Waals surface area contributed by atoms with Crippen LogP contribution in [-0.2, 0) is 0 Å². The molecule has 7 heteroatoms. The van der Waals surface area contributed by atoms with Gasteiger partial charge in [-0.25, -0.2) is 18.6 Å². The van der Waals surface area contributed by atoms with Gasteiger partial charge in [-0.1, -0.05) is 18.2 Å². The summed E-state index contributed by atoms with van der Waals surface area (Å²) in [6.07, 6.45) is 1.09. The zero-order valence-electron chi connectivity index (χ0n) is 13.6. The Morgan fingerprint density at radius 2 is 2.00 bits per heavy atom. The summed E-state index contributed by atoms with van der Waals surface area (Å²) in [6.45, 7) is 1.73. The van der Waals surface area contributed by atoms with Crippen molar-refractivity contribution in [3.05, 3.63) is 42.3 Å². The number of rotatable bonds is 3. The highest BCUT2D eigenvalue weighted by Crippen LogP contribution is 2.40. The minimum absolute atomic E-state index is 0.232. The topological polar surface area (TPSA) is 48.5 Å². The summed E-state index contributed by atoms with van der Waals surface area (Å²) in [5, 5.41) is 2.76. The lowest BCUT2D eigenvalue weighted by Crippen LogP contribution is -2.31. The molecule has 0 aliphatic carbocycles. The number of nitrogens with one attached hydrogen (secondary N) is 1. The molecule has 0 bridgehead atoms. The summed E-state index contributed by atoms with van der Waals surface area (Å²) in [5.41, 5.74) is 1.52. The highest BCUT2D eigenvalue weighted by molar-refractivity contribution is 6.02. The van der Waals surface area contributed by atoms with Crippen molar-refractivity contribution in [2.24, 2.45) is 0 Å². The predicted octanol–water partition coefficient (Wildman–Crippen LogP) is 2.97. The minimum atomic E-state index is -0.917. The Bertz CT molecular complexity index is 813. The molecule has 1 aromatic carbocycles. The van der Waals surface area contributed by atoms with E-state index in [1.165, 1.54) is 6.07 Å². The summed E-state index contributed by atoms with van der Waals surface area (Å²) in [7, 11) is 0. The van der Waals surface area contributed by atoms with Crippen LogP contribution in [-0.4, -0.2) is 43.4 Å². The monoisotopic (exact) mass is 344 g/mol. The Hall–Kier alpha value is -2.70. The smallest absolute Gasteiger partial charge is 0.322 e. The van der Waals surface area contributed by atoms with Crippen LogP contribution in [0.4, 0.5) is 25.1 Å². The molecule has 2 saturated heterocycles. The number of benzene rings is 1. The normalized spacial score (nSPS) is 20.2. The molecule has 0 spiro atoms. The zero-order valence-corrected chi connectivity index (χ0v) is 13.6. The van der Waals surface area contributed by atoms with Crippen LogP contribution in [0.1, 0.15) is 6.42 Å². The summed E-state index contributed by atoms with van der Waals surface area (Å²) in [4.78, 5) is 20.1. The fourth-order valence-corrected chi connectivity index (χ4v) is 3.43.